The zero-order valence-electron chi connectivity index (χ0n) is 14.5. The Morgan fingerprint density at radius 1 is 0.926 bits per heavy atom. The maximum absolute atomic E-state index is 11.4. The number of carbonyl (C=O) groups excluding carboxylic acids is 1. The van der Waals surface area contributed by atoms with Crippen molar-refractivity contribution in [3.63, 3.8) is 0 Å². The third-order valence-electron chi connectivity index (χ3n) is 4.63. The molecule has 3 aromatic carbocycles. The highest BCUT2D eigenvalue weighted by molar-refractivity contribution is 5.99. The second-order valence-corrected chi connectivity index (χ2v) is 6.15. The van der Waals surface area contributed by atoms with Crippen LogP contribution in [0, 0.1) is 10.1 Å². The molecule has 6 nitrogen and oxygen atoms in total. The Labute approximate surface area is 154 Å². The van der Waals surface area contributed by atoms with E-state index in [1.165, 1.54) is 6.07 Å². The highest BCUT2D eigenvalue weighted by Crippen LogP contribution is 2.35. The number of imidazole rings is 1. The molecule has 1 heterocycles. The van der Waals surface area contributed by atoms with Crippen LogP contribution in [-0.2, 0) is 7.05 Å². The summed E-state index contributed by atoms with van der Waals surface area (Å²) in [6.07, 6.45) is 0.820. The summed E-state index contributed by atoms with van der Waals surface area (Å²) in [7, 11) is 1.83. The van der Waals surface area contributed by atoms with Gasteiger partial charge in [0.05, 0.1) is 21.5 Å². The van der Waals surface area contributed by atoms with E-state index >= 15 is 0 Å². The molecular formula is C21H15N3O3. The number of hydrogen-bond donors (Lipinski definition) is 0. The van der Waals surface area contributed by atoms with Gasteiger partial charge in [-0.1, -0.05) is 48.5 Å². The zero-order valence-corrected chi connectivity index (χ0v) is 14.5. The van der Waals surface area contributed by atoms with Crippen molar-refractivity contribution in [1.29, 1.82) is 0 Å². The summed E-state index contributed by atoms with van der Waals surface area (Å²) >= 11 is 0. The van der Waals surface area contributed by atoms with Gasteiger partial charge < -0.3 is 4.57 Å². The van der Waals surface area contributed by atoms with Gasteiger partial charge in [-0.05, 0) is 17.7 Å². The molecular weight excluding hydrogens is 342 g/mol. The number of nitrogens with zero attached hydrogens (tertiary/aromatic N) is 3. The average Bonchev–Trinajstić information content (AvgIpc) is 3.04. The maximum atomic E-state index is 11.4. The van der Waals surface area contributed by atoms with Crippen LogP contribution in [0.1, 0.15) is 10.4 Å². The minimum absolute atomic E-state index is 0.00532. The molecule has 27 heavy (non-hydrogen) atoms. The predicted molar refractivity (Wildman–Crippen MR) is 104 cm³/mol. The lowest BCUT2D eigenvalue weighted by atomic mass is 9.99. The molecule has 0 aliphatic heterocycles. The number of carbonyl (C=O) groups is 1. The monoisotopic (exact) mass is 357 g/mol. The number of benzene rings is 3. The fourth-order valence-electron chi connectivity index (χ4n) is 3.34. The van der Waals surface area contributed by atoms with Crippen LogP contribution in [0.2, 0.25) is 0 Å². The normalized spacial score (nSPS) is 10.9. The molecule has 132 valence electrons. The molecule has 0 spiro atoms. The van der Waals surface area contributed by atoms with E-state index in [0.717, 1.165) is 22.9 Å². The Balaban J connectivity index is 2.02. The number of fused-ring (bicyclic) bond motifs is 1. The second kappa shape index (κ2) is 6.49. The van der Waals surface area contributed by atoms with Gasteiger partial charge >= 0.3 is 0 Å². The van der Waals surface area contributed by atoms with Gasteiger partial charge in [0.1, 0.15) is 5.82 Å². The third kappa shape index (κ3) is 2.67. The quantitative estimate of drug-likeness (QED) is 0.303. The van der Waals surface area contributed by atoms with E-state index in [1.54, 1.807) is 24.3 Å². The number of aromatic nitrogens is 2. The summed E-state index contributed by atoms with van der Waals surface area (Å²) in [6, 6.07) is 19.6. The lowest BCUT2D eigenvalue weighted by Gasteiger charge is -2.06. The number of para-hydroxylation sites is 2. The minimum atomic E-state index is -0.405. The zero-order chi connectivity index (χ0) is 19.0. The van der Waals surface area contributed by atoms with Crippen LogP contribution in [0.15, 0.2) is 66.7 Å². The van der Waals surface area contributed by atoms with Crippen LogP contribution in [0.4, 0.5) is 5.69 Å². The summed E-state index contributed by atoms with van der Waals surface area (Å²) < 4.78 is 1.84. The lowest BCUT2D eigenvalue weighted by molar-refractivity contribution is -0.384. The molecule has 0 saturated carbocycles. The van der Waals surface area contributed by atoms with Crippen molar-refractivity contribution in [3.8, 4) is 22.5 Å². The van der Waals surface area contributed by atoms with Gasteiger partial charge in [0.15, 0.2) is 6.29 Å². The summed E-state index contributed by atoms with van der Waals surface area (Å²) in [5, 5.41) is 11.4. The first kappa shape index (κ1) is 16.7. The molecule has 6 heteroatoms. The minimum Gasteiger partial charge on any atom is -0.327 e. The highest BCUT2D eigenvalue weighted by atomic mass is 16.6. The van der Waals surface area contributed by atoms with Crippen molar-refractivity contribution >= 4 is 23.0 Å². The summed E-state index contributed by atoms with van der Waals surface area (Å²) in [5.41, 5.74) is 4.16. The fourth-order valence-corrected chi connectivity index (χ4v) is 3.34. The van der Waals surface area contributed by atoms with Gasteiger partial charge in [-0.15, -0.1) is 0 Å². The highest BCUT2D eigenvalue weighted by Gasteiger charge is 2.21. The van der Waals surface area contributed by atoms with E-state index in [0.29, 0.717) is 22.5 Å². The van der Waals surface area contributed by atoms with E-state index in [-0.39, 0.29) is 5.69 Å². The molecule has 0 aliphatic carbocycles. The Kier molecular flexibility index (Phi) is 4.01. The Bertz CT molecular complexity index is 1190. The van der Waals surface area contributed by atoms with Crippen LogP contribution in [0.5, 0.6) is 0 Å². The molecule has 0 aliphatic rings. The van der Waals surface area contributed by atoms with Crippen molar-refractivity contribution < 1.29 is 9.72 Å². The molecule has 0 atom stereocenters. The SMILES string of the molecule is Cn1c(-c2ccccc2[N+](=O)[O-])nc2c(-c3ccccc3C=O)cccc21. The van der Waals surface area contributed by atoms with Crippen LogP contribution >= 0.6 is 0 Å². The van der Waals surface area contributed by atoms with Gasteiger partial charge in [-0.25, -0.2) is 4.98 Å². The second-order valence-electron chi connectivity index (χ2n) is 6.15. The van der Waals surface area contributed by atoms with Crippen LogP contribution < -0.4 is 0 Å². The van der Waals surface area contributed by atoms with Crippen molar-refractivity contribution in [2.45, 2.75) is 0 Å². The molecule has 0 bridgehead atoms. The van der Waals surface area contributed by atoms with E-state index in [1.807, 2.05) is 48.0 Å². The molecule has 4 aromatic rings. The Morgan fingerprint density at radius 3 is 2.33 bits per heavy atom. The Hall–Kier alpha value is -3.80. The number of nitro groups is 1. The van der Waals surface area contributed by atoms with E-state index in [2.05, 4.69) is 0 Å². The molecule has 1 aromatic heterocycles. The molecule has 0 radical (unpaired) electrons. The van der Waals surface area contributed by atoms with Crippen molar-refractivity contribution in [2.24, 2.45) is 7.05 Å². The van der Waals surface area contributed by atoms with Crippen LogP contribution in [0.25, 0.3) is 33.5 Å². The molecule has 0 saturated heterocycles. The number of aldehydes is 1. The van der Waals surface area contributed by atoms with Crippen molar-refractivity contribution in [1.82, 2.24) is 9.55 Å². The van der Waals surface area contributed by atoms with Crippen molar-refractivity contribution in [2.75, 3.05) is 0 Å². The number of hydrogen-bond acceptors (Lipinski definition) is 4. The van der Waals surface area contributed by atoms with Gasteiger partial charge in [0.2, 0.25) is 0 Å². The van der Waals surface area contributed by atoms with E-state index < -0.39 is 4.92 Å². The first-order chi connectivity index (χ1) is 13.1. The third-order valence-corrected chi connectivity index (χ3v) is 4.63. The smallest absolute Gasteiger partial charge is 0.280 e. The summed E-state index contributed by atoms with van der Waals surface area (Å²) in [4.78, 5) is 27.2. The molecule has 4 rings (SSSR count). The maximum Gasteiger partial charge on any atom is 0.280 e. The van der Waals surface area contributed by atoms with Gasteiger partial charge in [-0.3, -0.25) is 14.9 Å². The predicted octanol–water partition coefficient (Wildman–Crippen LogP) is 4.63. The summed E-state index contributed by atoms with van der Waals surface area (Å²) in [5.74, 6) is 0.508. The van der Waals surface area contributed by atoms with Gasteiger partial charge in [0.25, 0.3) is 5.69 Å². The molecule has 0 amide bonds. The number of aryl methyl sites for hydroxylation is 1. The number of rotatable bonds is 4. The van der Waals surface area contributed by atoms with Crippen LogP contribution in [0.3, 0.4) is 0 Å². The largest absolute Gasteiger partial charge is 0.327 e. The lowest BCUT2D eigenvalue weighted by Crippen LogP contribution is -1.97. The Morgan fingerprint density at radius 2 is 1.59 bits per heavy atom. The van der Waals surface area contributed by atoms with E-state index in [4.69, 9.17) is 4.98 Å². The molecule has 0 N–H and O–H groups in total. The molecule has 0 unspecified atom stereocenters. The van der Waals surface area contributed by atoms with Crippen molar-refractivity contribution in [3.05, 3.63) is 82.4 Å². The molecule has 0 fully saturated rings. The standard InChI is InChI=1S/C21H15N3O3/c1-23-19-12-6-10-16(15-8-3-2-7-14(15)13-25)20(19)22-21(23)17-9-4-5-11-18(17)24(26)27/h2-13H,1H3. The number of nitro benzene ring substituents is 1. The topological polar surface area (TPSA) is 78.0 Å². The fraction of sp³-hybridized carbons (Fsp3) is 0.0476. The van der Waals surface area contributed by atoms with E-state index in [9.17, 15) is 14.9 Å². The van der Waals surface area contributed by atoms with Gasteiger partial charge in [-0.2, -0.15) is 0 Å². The van der Waals surface area contributed by atoms with Crippen LogP contribution in [-0.4, -0.2) is 20.8 Å². The summed E-state index contributed by atoms with van der Waals surface area (Å²) in [6.45, 7) is 0. The first-order valence-corrected chi connectivity index (χ1v) is 8.35. The average molecular weight is 357 g/mol. The first-order valence-electron chi connectivity index (χ1n) is 8.35. The van der Waals surface area contributed by atoms with Gasteiger partial charge in [0, 0.05) is 24.2 Å².